The highest BCUT2D eigenvalue weighted by atomic mass is 16.3. The second-order valence-electron chi connectivity index (χ2n) is 6.62. The average Bonchev–Trinajstić information content (AvgIpc) is 2.46. The highest BCUT2D eigenvalue weighted by molar-refractivity contribution is 5.73. The number of aliphatic hydroxyl groups excluding tert-OH is 1. The molecule has 2 aliphatic rings. The van der Waals surface area contributed by atoms with Crippen LogP contribution in [-0.2, 0) is 0 Å². The van der Waals surface area contributed by atoms with Gasteiger partial charge in [-0.3, -0.25) is 0 Å². The second kappa shape index (κ2) is 8.50. The largest absolute Gasteiger partial charge is 0.393 e. The normalized spacial score (nSPS) is 28.1. The molecule has 4 nitrogen and oxygen atoms in total. The van der Waals surface area contributed by atoms with E-state index in [1.165, 1.54) is 32.1 Å². The topological polar surface area (TPSA) is 61.4 Å². The summed E-state index contributed by atoms with van der Waals surface area (Å²) in [7, 11) is 0. The van der Waals surface area contributed by atoms with E-state index in [-0.39, 0.29) is 12.1 Å². The maximum atomic E-state index is 11.7. The Labute approximate surface area is 122 Å². The first-order valence-corrected chi connectivity index (χ1v) is 8.44. The van der Waals surface area contributed by atoms with Crippen molar-refractivity contribution in [1.29, 1.82) is 0 Å². The van der Waals surface area contributed by atoms with Crippen LogP contribution in [0.1, 0.15) is 64.2 Å². The fourth-order valence-corrected chi connectivity index (χ4v) is 3.61. The molecule has 0 radical (unpaired) electrons. The first kappa shape index (κ1) is 15.6. The first-order chi connectivity index (χ1) is 9.74. The Morgan fingerprint density at radius 2 is 1.70 bits per heavy atom. The molecule has 0 heterocycles. The SMILES string of the molecule is O=C(NCCC1CCCCC1)NCC1CCCC(O)C1. The third kappa shape index (κ3) is 5.70. The minimum absolute atomic E-state index is 0.0409. The van der Waals surface area contributed by atoms with Crippen LogP contribution in [0.15, 0.2) is 0 Å². The van der Waals surface area contributed by atoms with Gasteiger partial charge in [-0.15, -0.1) is 0 Å². The number of carbonyl (C=O) groups is 1. The van der Waals surface area contributed by atoms with Crippen molar-refractivity contribution in [2.45, 2.75) is 70.3 Å². The van der Waals surface area contributed by atoms with Gasteiger partial charge in [0, 0.05) is 13.1 Å². The van der Waals surface area contributed by atoms with Gasteiger partial charge in [0.2, 0.25) is 0 Å². The molecule has 116 valence electrons. The van der Waals surface area contributed by atoms with Crippen LogP contribution in [0, 0.1) is 11.8 Å². The number of aliphatic hydroxyl groups is 1. The molecule has 4 heteroatoms. The van der Waals surface area contributed by atoms with Crippen LogP contribution in [0.2, 0.25) is 0 Å². The van der Waals surface area contributed by atoms with Gasteiger partial charge in [0.1, 0.15) is 0 Å². The molecule has 2 amide bonds. The van der Waals surface area contributed by atoms with Gasteiger partial charge in [-0.05, 0) is 37.5 Å². The molecule has 0 aliphatic heterocycles. The molecule has 2 fully saturated rings. The summed E-state index contributed by atoms with van der Waals surface area (Å²) < 4.78 is 0. The van der Waals surface area contributed by atoms with Crippen LogP contribution in [0.4, 0.5) is 4.79 Å². The van der Waals surface area contributed by atoms with Gasteiger partial charge in [0.25, 0.3) is 0 Å². The third-order valence-corrected chi connectivity index (χ3v) is 4.87. The van der Waals surface area contributed by atoms with Gasteiger partial charge < -0.3 is 15.7 Å². The van der Waals surface area contributed by atoms with Crippen molar-refractivity contribution in [3.8, 4) is 0 Å². The van der Waals surface area contributed by atoms with E-state index >= 15 is 0 Å². The number of nitrogens with one attached hydrogen (secondary N) is 2. The van der Waals surface area contributed by atoms with Crippen molar-refractivity contribution >= 4 is 6.03 Å². The molecule has 2 atom stereocenters. The van der Waals surface area contributed by atoms with Gasteiger partial charge in [-0.1, -0.05) is 38.5 Å². The van der Waals surface area contributed by atoms with Crippen molar-refractivity contribution in [3.63, 3.8) is 0 Å². The van der Waals surface area contributed by atoms with E-state index in [4.69, 9.17) is 0 Å². The third-order valence-electron chi connectivity index (χ3n) is 4.87. The highest BCUT2D eigenvalue weighted by Gasteiger charge is 2.20. The molecule has 0 aromatic rings. The first-order valence-electron chi connectivity index (χ1n) is 8.44. The summed E-state index contributed by atoms with van der Waals surface area (Å²) in [4.78, 5) is 11.7. The van der Waals surface area contributed by atoms with E-state index in [9.17, 15) is 9.90 Å². The molecule has 0 spiro atoms. The van der Waals surface area contributed by atoms with Crippen LogP contribution in [0.5, 0.6) is 0 Å². The summed E-state index contributed by atoms with van der Waals surface area (Å²) in [5.74, 6) is 1.26. The van der Waals surface area contributed by atoms with Gasteiger partial charge in [-0.2, -0.15) is 0 Å². The van der Waals surface area contributed by atoms with E-state index in [1.54, 1.807) is 0 Å². The molecular formula is C16H30N2O2. The molecule has 0 saturated heterocycles. The smallest absolute Gasteiger partial charge is 0.314 e. The summed E-state index contributed by atoms with van der Waals surface area (Å²) in [5, 5.41) is 15.5. The van der Waals surface area contributed by atoms with Crippen molar-refractivity contribution in [2.75, 3.05) is 13.1 Å². The van der Waals surface area contributed by atoms with Crippen molar-refractivity contribution in [1.82, 2.24) is 10.6 Å². The number of amides is 2. The Kier molecular flexibility index (Phi) is 6.64. The highest BCUT2D eigenvalue weighted by Crippen LogP contribution is 2.25. The Hall–Kier alpha value is -0.770. The molecule has 0 aromatic carbocycles. The Morgan fingerprint density at radius 3 is 2.45 bits per heavy atom. The minimum Gasteiger partial charge on any atom is -0.393 e. The molecule has 2 aliphatic carbocycles. The molecule has 20 heavy (non-hydrogen) atoms. The maximum Gasteiger partial charge on any atom is 0.314 e. The number of hydrogen-bond acceptors (Lipinski definition) is 2. The molecule has 0 bridgehead atoms. The maximum absolute atomic E-state index is 11.7. The molecule has 0 aromatic heterocycles. The average molecular weight is 282 g/mol. The van der Waals surface area contributed by atoms with Gasteiger partial charge >= 0.3 is 6.03 Å². The molecule has 2 unspecified atom stereocenters. The van der Waals surface area contributed by atoms with Gasteiger partial charge in [0.05, 0.1) is 6.10 Å². The fourth-order valence-electron chi connectivity index (χ4n) is 3.61. The Morgan fingerprint density at radius 1 is 0.950 bits per heavy atom. The number of rotatable bonds is 5. The van der Waals surface area contributed by atoms with E-state index in [0.717, 1.165) is 44.6 Å². The zero-order chi connectivity index (χ0) is 14.2. The molecule has 2 rings (SSSR count). The Bertz CT molecular complexity index is 290. The van der Waals surface area contributed by atoms with Crippen LogP contribution in [-0.4, -0.2) is 30.3 Å². The quantitative estimate of drug-likeness (QED) is 0.726. The lowest BCUT2D eigenvalue weighted by Crippen LogP contribution is -2.40. The van der Waals surface area contributed by atoms with Crippen LogP contribution in [0.3, 0.4) is 0 Å². The minimum atomic E-state index is -0.162. The predicted molar refractivity (Wildman–Crippen MR) is 80.6 cm³/mol. The van der Waals surface area contributed by atoms with E-state index in [0.29, 0.717) is 12.5 Å². The van der Waals surface area contributed by atoms with Crippen LogP contribution < -0.4 is 10.6 Å². The number of carbonyl (C=O) groups excluding carboxylic acids is 1. The lowest BCUT2D eigenvalue weighted by molar-refractivity contribution is 0.101. The lowest BCUT2D eigenvalue weighted by Gasteiger charge is -2.26. The van der Waals surface area contributed by atoms with Crippen LogP contribution >= 0.6 is 0 Å². The van der Waals surface area contributed by atoms with E-state index in [2.05, 4.69) is 10.6 Å². The van der Waals surface area contributed by atoms with Crippen molar-refractivity contribution in [3.05, 3.63) is 0 Å². The molecular weight excluding hydrogens is 252 g/mol. The summed E-state index contributed by atoms with van der Waals surface area (Å²) in [6.45, 7) is 1.50. The zero-order valence-electron chi connectivity index (χ0n) is 12.6. The van der Waals surface area contributed by atoms with Crippen molar-refractivity contribution < 1.29 is 9.90 Å². The van der Waals surface area contributed by atoms with Gasteiger partial charge in [-0.25, -0.2) is 4.79 Å². The van der Waals surface area contributed by atoms with Crippen molar-refractivity contribution in [2.24, 2.45) is 11.8 Å². The fraction of sp³-hybridized carbons (Fsp3) is 0.938. The standard InChI is InChI=1S/C16H30N2O2/c19-15-8-4-7-14(11-15)12-18-16(20)17-10-9-13-5-2-1-3-6-13/h13-15,19H,1-12H2,(H2,17,18,20). The molecule has 2 saturated carbocycles. The van der Waals surface area contributed by atoms with Gasteiger partial charge in [0.15, 0.2) is 0 Å². The predicted octanol–water partition coefficient (Wildman–Crippen LogP) is 2.81. The zero-order valence-corrected chi connectivity index (χ0v) is 12.6. The number of urea groups is 1. The number of hydrogen-bond donors (Lipinski definition) is 3. The summed E-state index contributed by atoms with van der Waals surface area (Å²) >= 11 is 0. The van der Waals surface area contributed by atoms with Crippen LogP contribution in [0.25, 0.3) is 0 Å². The summed E-state index contributed by atoms with van der Waals surface area (Å²) in [6.07, 6.45) is 11.7. The lowest BCUT2D eigenvalue weighted by atomic mass is 9.87. The summed E-state index contributed by atoms with van der Waals surface area (Å²) in [5.41, 5.74) is 0. The van der Waals surface area contributed by atoms with E-state index in [1.807, 2.05) is 0 Å². The molecule has 3 N–H and O–H groups in total. The summed E-state index contributed by atoms with van der Waals surface area (Å²) in [6, 6.07) is -0.0409. The van der Waals surface area contributed by atoms with E-state index < -0.39 is 0 Å². The monoisotopic (exact) mass is 282 g/mol. The Balaban J connectivity index is 1.51. The second-order valence-corrected chi connectivity index (χ2v) is 6.62.